The second-order valence-corrected chi connectivity index (χ2v) is 5.08. The van der Waals surface area contributed by atoms with Gasteiger partial charge >= 0.3 is 6.03 Å². The van der Waals surface area contributed by atoms with Crippen LogP contribution in [-0.2, 0) is 11.8 Å². The second-order valence-electron chi connectivity index (χ2n) is 5.08. The van der Waals surface area contributed by atoms with E-state index in [0.29, 0.717) is 24.7 Å². The number of carbonyl (C=O) groups is 2. The number of hydrogen-bond acceptors (Lipinski definition) is 3. The quantitative estimate of drug-likeness (QED) is 0.751. The van der Waals surface area contributed by atoms with Crippen LogP contribution in [-0.4, -0.2) is 34.3 Å². The minimum Gasteiger partial charge on any atom is -0.353 e. The lowest BCUT2D eigenvalue weighted by molar-refractivity contribution is -0.121. The number of nitrogens with one attached hydrogen (secondary N) is 3. The first kappa shape index (κ1) is 14.4. The SMILES string of the molecule is Cn1cc(NC(=O)NCCC(=O)NC2CCCC2)cn1. The van der Waals surface area contributed by atoms with Crippen LogP contribution in [0.15, 0.2) is 12.4 Å². The van der Waals surface area contributed by atoms with Crippen molar-refractivity contribution in [3.05, 3.63) is 12.4 Å². The van der Waals surface area contributed by atoms with E-state index >= 15 is 0 Å². The summed E-state index contributed by atoms with van der Waals surface area (Å²) in [7, 11) is 1.77. The van der Waals surface area contributed by atoms with Gasteiger partial charge in [-0.3, -0.25) is 9.48 Å². The first-order valence-electron chi connectivity index (χ1n) is 6.96. The molecule has 1 fully saturated rings. The second kappa shape index (κ2) is 6.93. The Morgan fingerprint density at radius 2 is 2.15 bits per heavy atom. The molecule has 0 unspecified atom stereocenters. The van der Waals surface area contributed by atoms with Gasteiger partial charge in [0, 0.05) is 32.3 Å². The van der Waals surface area contributed by atoms with E-state index in [1.54, 1.807) is 24.1 Å². The first-order valence-corrected chi connectivity index (χ1v) is 6.96. The molecule has 0 radical (unpaired) electrons. The molecule has 2 rings (SSSR count). The van der Waals surface area contributed by atoms with Crippen LogP contribution in [0.1, 0.15) is 32.1 Å². The molecule has 7 nitrogen and oxygen atoms in total. The first-order chi connectivity index (χ1) is 9.63. The molecule has 0 bridgehead atoms. The predicted molar refractivity (Wildman–Crippen MR) is 75.2 cm³/mol. The van der Waals surface area contributed by atoms with E-state index in [0.717, 1.165) is 12.8 Å². The zero-order valence-electron chi connectivity index (χ0n) is 11.7. The predicted octanol–water partition coefficient (Wildman–Crippen LogP) is 0.990. The summed E-state index contributed by atoms with van der Waals surface area (Å²) < 4.78 is 1.60. The van der Waals surface area contributed by atoms with Crippen LogP contribution in [0.25, 0.3) is 0 Å². The molecule has 1 aromatic rings. The summed E-state index contributed by atoms with van der Waals surface area (Å²) in [5.74, 6) is -0.00132. The highest BCUT2D eigenvalue weighted by Gasteiger charge is 2.16. The van der Waals surface area contributed by atoms with Gasteiger partial charge < -0.3 is 16.0 Å². The van der Waals surface area contributed by atoms with Crippen LogP contribution in [0.4, 0.5) is 10.5 Å². The Labute approximate surface area is 118 Å². The number of rotatable bonds is 5. The lowest BCUT2D eigenvalue weighted by Crippen LogP contribution is -2.36. The number of anilines is 1. The van der Waals surface area contributed by atoms with Crippen LogP contribution in [0, 0.1) is 0 Å². The molecule has 1 heterocycles. The highest BCUT2D eigenvalue weighted by atomic mass is 16.2. The van der Waals surface area contributed by atoms with Crippen molar-refractivity contribution in [2.75, 3.05) is 11.9 Å². The molecule has 7 heteroatoms. The fourth-order valence-corrected chi connectivity index (χ4v) is 2.32. The van der Waals surface area contributed by atoms with Gasteiger partial charge in [-0.1, -0.05) is 12.8 Å². The Hall–Kier alpha value is -2.05. The van der Waals surface area contributed by atoms with Gasteiger partial charge in [0.25, 0.3) is 0 Å². The topological polar surface area (TPSA) is 88.0 Å². The van der Waals surface area contributed by atoms with Gasteiger partial charge in [0.15, 0.2) is 0 Å². The molecule has 0 spiro atoms. The number of aryl methyl sites for hydroxylation is 1. The molecule has 0 aliphatic heterocycles. The fraction of sp³-hybridized carbons (Fsp3) is 0.615. The van der Waals surface area contributed by atoms with Crippen LogP contribution < -0.4 is 16.0 Å². The number of hydrogen-bond donors (Lipinski definition) is 3. The smallest absolute Gasteiger partial charge is 0.319 e. The van der Waals surface area contributed by atoms with Crippen molar-refractivity contribution in [3.8, 4) is 0 Å². The standard InChI is InChI=1S/C13H21N5O2/c1-18-9-11(8-15-18)17-13(20)14-7-6-12(19)16-10-4-2-3-5-10/h8-10H,2-7H2,1H3,(H,16,19)(H2,14,17,20). The molecule has 0 aromatic carbocycles. The summed E-state index contributed by atoms with van der Waals surface area (Å²) in [5.41, 5.74) is 0.625. The summed E-state index contributed by atoms with van der Waals surface area (Å²) >= 11 is 0. The molecule has 1 aliphatic carbocycles. The minimum absolute atomic E-state index is 0.00132. The van der Waals surface area contributed by atoms with Gasteiger partial charge in [-0.25, -0.2) is 4.79 Å². The molecule has 110 valence electrons. The maximum Gasteiger partial charge on any atom is 0.319 e. The van der Waals surface area contributed by atoms with Crippen LogP contribution in [0.2, 0.25) is 0 Å². The highest BCUT2D eigenvalue weighted by Crippen LogP contribution is 2.17. The van der Waals surface area contributed by atoms with Crippen molar-refractivity contribution in [1.29, 1.82) is 0 Å². The van der Waals surface area contributed by atoms with E-state index in [1.807, 2.05) is 0 Å². The number of amides is 3. The fourth-order valence-electron chi connectivity index (χ4n) is 2.32. The lowest BCUT2D eigenvalue weighted by Gasteiger charge is -2.12. The molecular weight excluding hydrogens is 258 g/mol. The van der Waals surface area contributed by atoms with E-state index in [2.05, 4.69) is 21.0 Å². The average molecular weight is 279 g/mol. The number of carbonyl (C=O) groups excluding carboxylic acids is 2. The maximum absolute atomic E-state index is 11.6. The molecule has 20 heavy (non-hydrogen) atoms. The molecule has 0 saturated heterocycles. The van der Waals surface area contributed by atoms with Crippen molar-refractivity contribution in [3.63, 3.8) is 0 Å². The van der Waals surface area contributed by atoms with Gasteiger partial charge in [-0.05, 0) is 12.8 Å². The van der Waals surface area contributed by atoms with E-state index in [9.17, 15) is 9.59 Å². The molecule has 1 aromatic heterocycles. The largest absolute Gasteiger partial charge is 0.353 e. The van der Waals surface area contributed by atoms with Crippen LogP contribution >= 0.6 is 0 Å². The Balaban J connectivity index is 1.60. The third kappa shape index (κ3) is 4.56. The highest BCUT2D eigenvalue weighted by molar-refractivity contribution is 5.89. The molecule has 1 saturated carbocycles. The summed E-state index contributed by atoms with van der Waals surface area (Å²) in [4.78, 5) is 23.2. The minimum atomic E-state index is -0.327. The maximum atomic E-state index is 11.6. The van der Waals surface area contributed by atoms with Crippen molar-refractivity contribution in [1.82, 2.24) is 20.4 Å². The van der Waals surface area contributed by atoms with E-state index in [-0.39, 0.29) is 11.9 Å². The van der Waals surface area contributed by atoms with Crippen molar-refractivity contribution in [2.24, 2.45) is 7.05 Å². The van der Waals surface area contributed by atoms with E-state index in [4.69, 9.17) is 0 Å². The molecule has 3 amide bonds. The summed E-state index contributed by atoms with van der Waals surface area (Å²) in [6, 6.07) is -0.00149. The number of aromatic nitrogens is 2. The molecule has 3 N–H and O–H groups in total. The molecule has 0 atom stereocenters. The third-order valence-corrected chi connectivity index (χ3v) is 3.32. The molecular formula is C13H21N5O2. The van der Waals surface area contributed by atoms with E-state index < -0.39 is 0 Å². The van der Waals surface area contributed by atoms with Gasteiger partial charge in [0.2, 0.25) is 5.91 Å². The van der Waals surface area contributed by atoms with Gasteiger partial charge in [0.1, 0.15) is 0 Å². The third-order valence-electron chi connectivity index (χ3n) is 3.32. The lowest BCUT2D eigenvalue weighted by atomic mass is 10.2. The zero-order chi connectivity index (χ0) is 14.4. The Morgan fingerprint density at radius 3 is 2.80 bits per heavy atom. The zero-order valence-corrected chi connectivity index (χ0v) is 11.7. The van der Waals surface area contributed by atoms with Crippen LogP contribution in [0.3, 0.4) is 0 Å². The summed E-state index contributed by atoms with van der Waals surface area (Å²) in [6.45, 7) is 0.324. The van der Waals surface area contributed by atoms with Crippen LogP contribution in [0.5, 0.6) is 0 Å². The van der Waals surface area contributed by atoms with Gasteiger partial charge in [0.05, 0.1) is 11.9 Å². The summed E-state index contributed by atoms with van der Waals surface area (Å²) in [5, 5.41) is 12.2. The van der Waals surface area contributed by atoms with E-state index in [1.165, 1.54) is 12.8 Å². The Bertz CT molecular complexity index is 465. The number of urea groups is 1. The molecule has 1 aliphatic rings. The normalized spacial score (nSPS) is 15.1. The Kier molecular flexibility index (Phi) is 4.97. The van der Waals surface area contributed by atoms with Crippen molar-refractivity contribution < 1.29 is 9.59 Å². The average Bonchev–Trinajstić information content (AvgIpc) is 3.01. The number of nitrogens with zero attached hydrogens (tertiary/aromatic N) is 2. The monoisotopic (exact) mass is 279 g/mol. The Morgan fingerprint density at radius 1 is 1.40 bits per heavy atom. The summed E-state index contributed by atoms with van der Waals surface area (Å²) in [6.07, 6.45) is 8.09. The van der Waals surface area contributed by atoms with Gasteiger partial charge in [-0.2, -0.15) is 5.10 Å². The van der Waals surface area contributed by atoms with Crippen molar-refractivity contribution in [2.45, 2.75) is 38.1 Å². The van der Waals surface area contributed by atoms with Gasteiger partial charge in [-0.15, -0.1) is 0 Å². The van der Waals surface area contributed by atoms with Crippen molar-refractivity contribution >= 4 is 17.6 Å².